The maximum absolute atomic E-state index is 13.1. The summed E-state index contributed by atoms with van der Waals surface area (Å²) in [5.74, 6) is -0.0443. The molecular formula is C23H21N3O. The van der Waals surface area contributed by atoms with Crippen molar-refractivity contribution in [1.82, 2.24) is 14.2 Å². The van der Waals surface area contributed by atoms with Crippen LogP contribution in [-0.2, 0) is 6.54 Å². The highest BCUT2D eigenvalue weighted by Gasteiger charge is 2.21. The molecule has 4 nitrogen and oxygen atoms in total. The summed E-state index contributed by atoms with van der Waals surface area (Å²) in [4.78, 5) is 13.1. The zero-order valence-corrected chi connectivity index (χ0v) is 15.5. The van der Waals surface area contributed by atoms with Crippen LogP contribution < -0.4 is 0 Å². The van der Waals surface area contributed by atoms with Crippen molar-refractivity contribution in [2.45, 2.75) is 20.4 Å². The lowest BCUT2D eigenvalue weighted by atomic mass is 10.1. The van der Waals surface area contributed by atoms with Gasteiger partial charge >= 0.3 is 0 Å². The average Bonchev–Trinajstić information content (AvgIpc) is 3.14. The molecule has 0 saturated heterocycles. The van der Waals surface area contributed by atoms with Gasteiger partial charge in [0.15, 0.2) is 5.78 Å². The molecule has 2 heterocycles. The predicted octanol–water partition coefficient (Wildman–Crippen LogP) is 4.99. The Kier molecular flexibility index (Phi) is 4.24. The summed E-state index contributed by atoms with van der Waals surface area (Å²) < 4.78 is 3.96. The molecule has 27 heavy (non-hydrogen) atoms. The van der Waals surface area contributed by atoms with Crippen LogP contribution in [0.15, 0.2) is 67.3 Å². The van der Waals surface area contributed by atoms with Crippen LogP contribution in [0.2, 0.25) is 0 Å². The van der Waals surface area contributed by atoms with Crippen LogP contribution >= 0.6 is 0 Å². The fourth-order valence-electron chi connectivity index (χ4n) is 3.55. The summed E-state index contributed by atoms with van der Waals surface area (Å²) in [5, 5.41) is 4.64. The fraction of sp³-hybridized carbons (Fsp3) is 0.130. The number of imidazole rings is 1. The van der Waals surface area contributed by atoms with Gasteiger partial charge in [0.25, 0.3) is 0 Å². The number of ketones is 1. The summed E-state index contributed by atoms with van der Waals surface area (Å²) in [6.07, 6.45) is 5.33. The second-order valence-electron chi connectivity index (χ2n) is 6.70. The zero-order valence-electron chi connectivity index (χ0n) is 15.5. The molecule has 0 aliphatic carbocycles. The van der Waals surface area contributed by atoms with Crippen molar-refractivity contribution in [3.8, 4) is 0 Å². The monoisotopic (exact) mass is 355 g/mol. The van der Waals surface area contributed by atoms with Crippen molar-refractivity contribution < 1.29 is 4.79 Å². The smallest absolute Gasteiger partial charge is 0.191 e. The maximum Gasteiger partial charge on any atom is 0.191 e. The third-order valence-corrected chi connectivity index (χ3v) is 4.72. The van der Waals surface area contributed by atoms with Crippen LogP contribution in [0, 0.1) is 13.8 Å². The van der Waals surface area contributed by atoms with E-state index in [1.165, 1.54) is 5.56 Å². The normalized spacial score (nSPS) is 11.6. The summed E-state index contributed by atoms with van der Waals surface area (Å²) in [6.45, 7) is 8.40. The lowest BCUT2D eigenvalue weighted by Crippen LogP contribution is -2.02. The SMILES string of the molecule is C=CCn1c2ccccc2n2nc(C)c(C(=O)C=Cc3cccc(C)c3)c12. The van der Waals surface area contributed by atoms with E-state index in [1.54, 1.807) is 6.08 Å². The van der Waals surface area contributed by atoms with Crippen LogP contribution in [0.5, 0.6) is 0 Å². The highest BCUT2D eigenvalue weighted by atomic mass is 16.1. The van der Waals surface area contributed by atoms with Gasteiger partial charge in [0.2, 0.25) is 0 Å². The summed E-state index contributed by atoms with van der Waals surface area (Å²) in [5.41, 5.74) is 6.38. The predicted molar refractivity (Wildman–Crippen MR) is 110 cm³/mol. The van der Waals surface area contributed by atoms with Crippen LogP contribution in [0.1, 0.15) is 27.2 Å². The largest absolute Gasteiger partial charge is 0.320 e. The molecule has 0 fully saturated rings. The van der Waals surface area contributed by atoms with E-state index in [0.717, 1.165) is 27.9 Å². The van der Waals surface area contributed by atoms with Crippen LogP contribution in [0.3, 0.4) is 0 Å². The van der Waals surface area contributed by atoms with E-state index in [2.05, 4.69) is 22.3 Å². The van der Waals surface area contributed by atoms with E-state index in [1.807, 2.05) is 73.0 Å². The molecule has 4 rings (SSSR count). The topological polar surface area (TPSA) is 39.3 Å². The van der Waals surface area contributed by atoms with Crippen molar-refractivity contribution in [3.63, 3.8) is 0 Å². The Morgan fingerprint density at radius 2 is 1.89 bits per heavy atom. The number of aryl methyl sites for hydroxylation is 2. The number of carbonyl (C=O) groups excluding carboxylic acids is 1. The highest BCUT2D eigenvalue weighted by Crippen LogP contribution is 2.26. The van der Waals surface area contributed by atoms with Crippen LogP contribution in [0.25, 0.3) is 22.8 Å². The van der Waals surface area contributed by atoms with Gasteiger partial charge in [-0.1, -0.05) is 54.1 Å². The Hall–Kier alpha value is -3.40. The third-order valence-electron chi connectivity index (χ3n) is 4.72. The van der Waals surface area contributed by atoms with E-state index in [0.29, 0.717) is 12.1 Å². The number of para-hydroxylation sites is 2. The van der Waals surface area contributed by atoms with Crippen molar-refractivity contribution in [1.29, 1.82) is 0 Å². The molecular weight excluding hydrogens is 334 g/mol. The summed E-state index contributed by atoms with van der Waals surface area (Å²) in [7, 11) is 0. The molecule has 0 bridgehead atoms. The first-order valence-electron chi connectivity index (χ1n) is 8.96. The Morgan fingerprint density at radius 1 is 1.11 bits per heavy atom. The molecule has 0 aliphatic heterocycles. The van der Waals surface area contributed by atoms with Gasteiger partial charge in [-0.2, -0.15) is 5.10 Å². The molecule has 4 aromatic rings. The van der Waals surface area contributed by atoms with Crippen LogP contribution in [-0.4, -0.2) is 20.0 Å². The van der Waals surface area contributed by atoms with Crippen molar-refractivity contribution in [2.24, 2.45) is 0 Å². The van der Waals surface area contributed by atoms with Crippen molar-refractivity contribution >= 4 is 28.5 Å². The molecule has 0 radical (unpaired) electrons. The van der Waals surface area contributed by atoms with E-state index < -0.39 is 0 Å². The van der Waals surface area contributed by atoms with Gasteiger partial charge in [0, 0.05) is 6.54 Å². The Labute approximate surface area is 158 Å². The molecule has 0 atom stereocenters. The number of carbonyl (C=O) groups is 1. The van der Waals surface area contributed by atoms with Gasteiger partial charge in [-0.3, -0.25) is 4.79 Å². The molecule has 0 spiro atoms. The summed E-state index contributed by atoms with van der Waals surface area (Å²) >= 11 is 0. The summed E-state index contributed by atoms with van der Waals surface area (Å²) in [6, 6.07) is 16.1. The second kappa shape index (κ2) is 6.72. The molecule has 0 unspecified atom stereocenters. The first kappa shape index (κ1) is 17.0. The highest BCUT2D eigenvalue weighted by molar-refractivity contribution is 6.12. The Bertz CT molecular complexity index is 1210. The molecule has 4 heteroatoms. The molecule has 134 valence electrons. The average molecular weight is 355 g/mol. The number of hydrogen-bond donors (Lipinski definition) is 0. The molecule has 2 aromatic heterocycles. The van der Waals surface area contributed by atoms with Gasteiger partial charge in [-0.05, 0) is 37.6 Å². The Morgan fingerprint density at radius 3 is 2.63 bits per heavy atom. The van der Waals surface area contributed by atoms with Gasteiger partial charge in [0.1, 0.15) is 5.65 Å². The number of rotatable bonds is 5. The van der Waals surface area contributed by atoms with Gasteiger partial charge in [0.05, 0.1) is 22.3 Å². The Balaban J connectivity index is 1.87. The molecule has 0 saturated carbocycles. The number of allylic oxidation sites excluding steroid dienone is 2. The molecule has 2 aromatic carbocycles. The number of aromatic nitrogens is 3. The number of benzene rings is 2. The lowest BCUT2D eigenvalue weighted by Gasteiger charge is -2.03. The van der Waals surface area contributed by atoms with Gasteiger partial charge in [-0.25, -0.2) is 4.52 Å². The van der Waals surface area contributed by atoms with Crippen molar-refractivity contribution in [2.75, 3.05) is 0 Å². The standard InChI is InChI=1S/C23H21N3O/c1-4-14-25-19-10-5-6-11-20(19)26-23(25)22(17(3)24-26)21(27)13-12-18-9-7-8-16(2)15-18/h4-13,15H,1,14H2,2-3H3. The first-order chi connectivity index (χ1) is 13.1. The minimum Gasteiger partial charge on any atom is -0.320 e. The fourth-order valence-corrected chi connectivity index (χ4v) is 3.55. The number of nitrogens with zero attached hydrogens (tertiary/aromatic N) is 3. The van der Waals surface area contributed by atoms with Crippen molar-refractivity contribution in [3.05, 3.63) is 89.6 Å². The lowest BCUT2D eigenvalue weighted by molar-refractivity contribution is 0.104. The minimum atomic E-state index is -0.0443. The quantitative estimate of drug-likeness (QED) is 0.287. The molecule has 0 N–H and O–H groups in total. The third kappa shape index (κ3) is 2.89. The number of fused-ring (bicyclic) bond motifs is 3. The van der Waals surface area contributed by atoms with E-state index in [4.69, 9.17) is 0 Å². The van der Waals surface area contributed by atoms with Gasteiger partial charge < -0.3 is 4.57 Å². The number of hydrogen-bond acceptors (Lipinski definition) is 2. The van der Waals surface area contributed by atoms with E-state index >= 15 is 0 Å². The van der Waals surface area contributed by atoms with Gasteiger partial charge in [-0.15, -0.1) is 6.58 Å². The van der Waals surface area contributed by atoms with E-state index in [-0.39, 0.29) is 5.78 Å². The first-order valence-corrected chi connectivity index (χ1v) is 8.96. The van der Waals surface area contributed by atoms with E-state index in [9.17, 15) is 4.79 Å². The molecule has 0 amide bonds. The maximum atomic E-state index is 13.1. The second-order valence-corrected chi connectivity index (χ2v) is 6.70. The minimum absolute atomic E-state index is 0.0443. The molecule has 0 aliphatic rings. The van der Waals surface area contributed by atoms with Crippen LogP contribution in [0.4, 0.5) is 0 Å². The zero-order chi connectivity index (χ0) is 19.0.